The Hall–Kier alpha value is -0.390. The Balaban J connectivity index is 1.84. The Kier molecular flexibility index (Phi) is 9.16. The van der Waals surface area contributed by atoms with Crippen LogP contribution >= 0.6 is 12.2 Å². The number of nitrogens with zero attached hydrogens (tertiary/aromatic N) is 1. The van der Waals surface area contributed by atoms with Gasteiger partial charge in [0.1, 0.15) is 0 Å². The van der Waals surface area contributed by atoms with Crippen LogP contribution in [0.5, 0.6) is 0 Å². The minimum Gasteiger partial charge on any atom is -0.382 e. The van der Waals surface area contributed by atoms with Crippen LogP contribution in [0.2, 0.25) is 0 Å². The number of ether oxygens (including phenoxy) is 1. The summed E-state index contributed by atoms with van der Waals surface area (Å²) in [4.78, 5) is 2.53. The second-order valence-electron chi connectivity index (χ2n) is 4.64. The van der Waals surface area contributed by atoms with E-state index in [-0.39, 0.29) is 0 Å². The van der Waals surface area contributed by atoms with E-state index in [2.05, 4.69) is 15.5 Å². The molecule has 0 radical (unpaired) electrons. The van der Waals surface area contributed by atoms with Crippen molar-refractivity contribution in [2.45, 2.75) is 32.6 Å². The van der Waals surface area contributed by atoms with Crippen molar-refractivity contribution < 1.29 is 4.74 Å². The van der Waals surface area contributed by atoms with Gasteiger partial charge in [-0.1, -0.05) is 0 Å². The van der Waals surface area contributed by atoms with E-state index in [1.807, 2.05) is 6.92 Å². The monoisotopic (exact) mass is 273 g/mol. The van der Waals surface area contributed by atoms with Crippen LogP contribution in [0.25, 0.3) is 0 Å². The normalized spacial score (nSPS) is 15.8. The van der Waals surface area contributed by atoms with Crippen LogP contribution in [0, 0.1) is 0 Å². The second kappa shape index (κ2) is 10.5. The summed E-state index contributed by atoms with van der Waals surface area (Å²) in [6.45, 7) is 9.21. The van der Waals surface area contributed by atoms with Crippen LogP contribution < -0.4 is 10.6 Å². The molecule has 0 aliphatic carbocycles. The standard InChI is InChI=1S/C13H27N3OS/c1-2-17-12-6-8-15-13(18)14-7-5-11-16-9-3-4-10-16/h2-12H2,1H3,(H2,14,15,18). The van der Waals surface area contributed by atoms with Crippen molar-refractivity contribution in [1.29, 1.82) is 0 Å². The highest BCUT2D eigenvalue weighted by molar-refractivity contribution is 7.80. The topological polar surface area (TPSA) is 36.5 Å². The molecule has 0 aromatic heterocycles. The molecule has 0 amide bonds. The summed E-state index contributed by atoms with van der Waals surface area (Å²) in [5.41, 5.74) is 0. The van der Waals surface area contributed by atoms with E-state index in [4.69, 9.17) is 17.0 Å². The summed E-state index contributed by atoms with van der Waals surface area (Å²) in [6.07, 6.45) is 4.91. The van der Waals surface area contributed by atoms with Crippen LogP contribution in [-0.2, 0) is 4.74 Å². The lowest BCUT2D eigenvalue weighted by molar-refractivity contribution is 0.145. The van der Waals surface area contributed by atoms with Crippen molar-refractivity contribution in [3.8, 4) is 0 Å². The maximum absolute atomic E-state index is 5.26. The van der Waals surface area contributed by atoms with Crippen LogP contribution in [0.1, 0.15) is 32.6 Å². The van der Waals surface area contributed by atoms with Crippen molar-refractivity contribution in [3.63, 3.8) is 0 Å². The van der Waals surface area contributed by atoms with Gasteiger partial charge in [0.15, 0.2) is 5.11 Å². The minimum atomic E-state index is 0.771. The molecule has 0 unspecified atom stereocenters. The fourth-order valence-electron chi connectivity index (χ4n) is 2.09. The fourth-order valence-corrected chi connectivity index (χ4v) is 2.30. The molecule has 0 spiro atoms. The van der Waals surface area contributed by atoms with Gasteiger partial charge in [0.25, 0.3) is 0 Å². The molecule has 1 rings (SSSR count). The van der Waals surface area contributed by atoms with Gasteiger partial charge in [0, 0.05) is 26.3 Å². The molecule has 1 fully saturated rings. The summed E-state index contributed by atoms with van der Waals surface area (Å²) in [5.74, 6) is 0. The molecule has 18 heavy (non-hydrogen) atoms. The van der Waals surface area contributed by atoms with Crippen LogP contribution in [0.3, 0.4) is 0 Å². The molecule has 0 bridgehead atoms. The molecule has 2 N–H and O–H groups in total. The second-order valence-corrected chi connectivity index (χ2v) is 5.04. The molecule has 1 aliphatic heterocycles. The van der Waals surface area contributed by atoms with E-state index in [0.717, 1.165) is 37.8 Å². The first kappa shape index (κ1) is 15.7. The van der Waals surface area contributed by atoms with Crippen LogP contribution in [0.15, 0.2) is 0 Å². The lowest BCUT2D eigenvalue weighted by Gasteiger charge is -2.15. The predicted molar refractivity (Wildman–Crippen MR) is 80.0 cm³/mol. The summed E-state index contributed by atoms with van der Waals surface area (Å²) in [5, 5.41) is 7.22. The molecule has 0 aromatic rings. The van der Waals surface area contributed by atoms with Crippen LogP contribution in [0.4, 0.5) is 0 Å². The van der Waals surface area contributed by atoms with E-state index in [1.54, 1.807) is 0 Å². The molecule has 0 saturated carbocycles. The third-order valence-corrected chi connectivity index (χ3v) is 3.38. The predicted octanol–water partition coefficient (Wildman–Crippen LogP) is 1.36. The average Bonchev–Trinajstić information content (AvgIpc) is 2.87. The molecule has 0 aromatic carbocycles. The third-order valence-electron chi connectivity index (χ3n) is 3.09. The number of hydrogen-bond acceptors (Lipinski definition) is 3. The Bertz CT molecular complexity index is 220. The first-order chi connectivity index (χ1) is 8.83. The number of nitrogens with one attached hydrogen (secondary N) is 2. The van der Waals surface area contributed by atoms with Gasteiger partial charge in [-0.05, 0) is 64.5 Å². The Morgan fingerprint density at radius 1 is 1.17 bits per heavy atom. The lowest BCUT2D eigenvalue weighted by atomic mass is 10.4. The Morgan fingerprint density at radius 2 is 1.83 bits per heavy atom. The zero-order valence-corrected chi connectivity index (χ0v) is 12.4. The zero-order valence-electron chi connectivity index (χ0n) is 11.5. The first-order valence-electron chi connectivity index (χ1n) is 7.14. The van der Waals surface area contributed by atoms with Gasteiger partial charge >= 0.3 is 0 Å². The van der Waals surface area contributed by atoms with Crippen molar-refractivity contribution >= 4 is 17.3 Å². The maximum Gasteiger partial charge on any atom is 0.166 e. The number of thiocarbonyl (C=S) groups is 1. The van der Waals surface area contributed by atoms with Gasteiger partial charge in [-0.15, -0.1) is 0 Å². The van der Waals surface area contributed by atoms with E-state index in [1.165, 1.54) is 38.9 Å². The largest absolute Gasteiger partial charge is 0.382 e. The molecule has 1 aliphatic rings. The average molecular weight is 273 g/mol. The zero-order chi connectivity index (χ0) is 13.1. The molecule has 1 heterocycles. The number of hydrogen-bond donors (Lipinski definition) is 2. The number of likely N-dealkylation sites (tertiary alicyclic amines) is 1. The quantitative estimate of drug-likeness (QED) is 0.490. The molecule has 106 valence electrons. The van der Waals surface area contributed by atoms with Gasteiger partial charge < -0.3 is 20.3 Å². The molecular weight excluding hydrogens is 246 g/mol. The highest BCUT2D eigenvalue weighted by atomic mass is 32.1. The van der Waals surface area contributed by atoms with Crippen molar-refractivity contribution in [2.24, 2.45) is 0 Å². The minimum absolute atomic E-state index is 0.771. The van der Waals surface area contributed by atoms with Crippen molar-refractivity contribution in [2.75, 3.05) is 45.9 Å². The van der Waals surface area contributed by atoms with Gasteiger partial charge in [-0.2, -0.15) is 0 Å². The molecule has 0 atom stereocenters. The van der Waals surface area contributed by atoms with Gasteiger partial charge in [-0.3, -0.25) is 0 Å². The molecule has 4 nitrogen and oxygen atoms in total. The Labute approximate surface area is 116 Å². The molecular formula is C13H27N3OS. The van der Waals surface area contributed by atoms with Crippen LogP contribution in [-0.4, -0.2) is 55.9 Å². The number of rotatable bonds is 9. The van der Waals surface area contributed by atoms with E-state index < -0.39 is 0 Å². The summed E-state index contributed by atoms with van der Waals surface area (Å²) in [7, 11) is 0. The highest BCUT2D eigenvalue weighted by Gasteiger charge is 2.09. The van der Waals surface area contributed by atoms with Crippen molar-refractivity contribution in [1.82, 2.24) is 15.5 Å². The SMILES string of the molecule is CCOCCCNC(=S)NCCCN1CCCC1. The van der Waals surface area contributed by atoms with E-state index in [0.29, 0.717) is 0 Å². The highest BCUT2D eigenvalue weighted by Crippen LogP contribution is 2.06. The van der Waals surface area contributed by atoms with Gasteiger partial charge in [-0.25, -0.2) is 0 Å². The fraction of sp³-hybridized carbons (Fsp3) is 0.923. The first-order valence-corrected chi connectivity index (χ1v) is 7.55. The molecule has 5 heteroatoms. The Morgan fingerprint density at radius 3 is 2.50 bits per heavy atom. The lowest BCUT2D eigenvalue weighted by Crippen LogP contribution is -2.37. The summed E-state index contributed by atoms with van der Waals surface area (Å²) in [6, 6.07) is 0. The van der Waals surface area contributed by atoms with E-state index in [9.17, 15) is 0 Å². The smallest absolute Gasteiger partial charge is 0.166 e. The maximum atomic E-state index is 5.26. The van der Waals surface area contributed by atoms with E-state index >= 15 is 0 Å². The molecule has 1 saturated heterocycles. The third kappa shape index (κ3) is 7.84. The summed E-state index contributed by atoms with van der Waals surface area (Å²) >= 11 is 5.20. The summed E-state index contributed by atoms with van der Waals surface area (Å²) < 4.78 is 5.26. The van der Waals surface area contributed by atoms with Gasteiger partial charge in [0.05, 0.1) is 0 Å². The van der Waals surface area contributed by atoms with Crippen molar-refractivity contribution in [3.05, 3.63) is 0 Å². The van der Waals surface area contributed by atoms with Gasteiger partial charge in [0.2, 0.25) is 0 Å².